The molecule has 1 saturated carbocycles. The van der Waals surface area contributed by atoms with Crippen molar-refractivity contribution in [2.24, 2.45) is 17.6 Å². The Morgan fingerprint density at radius 1 is 1.33 bits per heavy atom. The van der Waals surface area contributed by atoms with Crippen LogP contribution in [0.3, 0.4) is 0 Å². The molecule has 0 aromatic heterocycles. The molecule has 1 atom stereocenters. The van der Waals surface area contributed by atoms with Gasteiger partial charge in [-0.2, -0.15) is 0 Å². The molecule has 1 fully saturated rings. The average Bonchev–Trinajstić information content (AvgIpc) is 2.17. The monoisotopic (exact) mass is 170 g/mol. The highest BCUT2D eigenvalue weighted by Crippen LogP contribution is 2.29. The third-order valence-corrected chi connectivity index (χ3v) is 3.36. The molecule has 0 aromatic rings. The normalized spacial score (nSPS) is 33.2. The van der Waals surface area contributed by atoms with Crippen molar-refractivity contribution >= 4 is 0 Å². The Labute approximate surface area is 75.9 Å². The molecule has 1 aliphatic rings. The minimum absolute atomic E-state index is 0.725. The van der Waals surface area contributed by atoms with Crippen molar-refractivity contribution in [3.8, 4) is 0 Å². The summed E-state index contributed by atoms with van der Waals surface area (Å²) in [7, 11) is 2.07. The molecule has 0 saturated heterocycles. The zero-order valence-electron chi connectivity index (χ0n) is 8.34. The number of nitrogens with two attached hydrogens (primary N) is 1. The van der Waals surface area contributed by atoms with Crippen molar-refractivity contribution in [3.05, 3.63) is 0 Å². The Morgan fingerprint density at radius 2 is 1.92 bits per heavy atom. The number of nitrogens with one attached hydrogen (secondary N) is 1. The second-order valence-electron chi connectivity index (χ2n) is 4.11. The molecule has 0 radical (unpaired) electrons. The molecule has 1 unspecified atom stereocenters. The van der Waals surface area contributed by atoms with E-state index >= 15 is 0 Å². The maximum atomic E-state index is 5.65. The Kier molecular flexibility index (Phi) is 4.02. The number of rotatable bonds is 3. The minimum atomic E-state index is 0.725. The fourth-order valence-corrected chi connectivity index (χ4v) is 2.17. The van der Waals surface area contributed by atoms with Crippen LogP contribution >= 0.6 is 0 Å². The first-order chi connectivity index (χ1) is 5.77. The van der Waals surface area contributed by atoms with E-state index in [0.29, 0.717) is 0 Å². The van der Waals surface area contributed by atoms with Crippen LogP contribution in [0.25, 0.3) is 0 Å². The highest BCUT2D eigenvalue weighted by molar-refractivity contribution is 4.78. The Balaban J connectivity index is 2.25. The van der Waals surface area contributed by atoms with Gasteiger partial charge in [-0.05, 0) is 51.1 Å². The molecule has 0 amide bonds. The molecular formula is C10H22N2. The summed E-state index contributed by atoms with van der Waals surface area (Å²) < 4.78 is 0. The van der Waals surface area contributed by atoms with E-state index in [9.17, 15) is 0 Å². The molecular weight excluding hydrogens is 148 g/mol. The zero-order chi connectivity index (χ0) is 8.97. The van der Waals surface area contributed by atoms with Crippen molar-refractivity contribution in [2.45, 2.75) is 38.6 Å². The predicted octanol–water partition coefficient (Wildman–Crippen LogP) is 1.36. The summed E-state index contributed by atoms with van der Waals surface area (Å²) in [4.78, 5) is 0. The molecule has 3 N–H and O–H groups in total. The molecule has 2 nitrogen and oxygen atoms in total. The van der Waals surface area contributed by atoms with E-state index in [-0.39, 0.29) is 0 Å². The molecule has 0 heterocycles. The number of hydrogen-bond donors (Lipinski definition) is 2. The van der Waals surface area contributed by atoms with Crippen LogP contribution in [0.1, 0.15) is 32.6 Å². The summed E-state index contributed by atoms with van der Waals surface area (Å²) in [6.07, 6.45) is 5.41. The molecule has 0 aromatic carbocycles. The lowest BCUT2D eigenvalue weighted by molar-refractivity contribution is 0.237. The van der Waals surface area contributed by atoms with Crippen LogP contribution in [-0.2, 0) is 0 Å². The third-order valence-electron chi connectivity index (χ3n) is 3.36. The van der Waals surface area contributed by atoms with E-state index < -0.39 is 0 Å². The summed E-state index contributed by atoms with van der Waals surface area (Å²) >= 11 is 0. The van der Waals surface area contributed by atoms with Crippen LogP contribution in [0.4, 0.5) is 0 Å². The maximum Gasteiger partial charge on any atom is 0.00642 e. The molecule has 0 spiro atoms. The molecule has 0 bridgehead atoms. The Hall–Kier alpha value is -0.0800. The van der Waals surface area contributed by atoms with Gasteiger partial charge in [0, 0.05) is 6.04 Å². The van der Waals surface area contributed by atoms with Crippen molar-refractivity contribution in [1.82, 2.24) is 5.32 Å². The van der Waals surface area contributed by atoms with E-state index in [1.54, 1.807) is 0 Å². The summed E-state index contributed by atoms with van der Waals surface area (Å²) in [6, 6.07) is 0.770. The fourth-order valence-electron chi connectivity index (χ4n) is 2.17. The first-order valence-electron chi connectivity index (χ1n) is 5.15. The van der Waals surface area contributed by atoms with Gasteiger partial charge < -0.3 is 11.1 Å². The summed E-state index contributed by atoms with van der Waals surface area (Å²) in [6.45, 7) is 3.14. The van der Waals surface area contributed by atoms with Gasteiger partial charge >= 0.3 is 0 Å². The van der Waals surface area contributed by atoms with Gasteiger partial charge in [0.2, 0.25) is 0 Å². The highest BCUT2D eigenvalue weighted by atomic mass is 14.9. The Morgan fingerprint density at radius 3 is 2.33 bits per heavy atom. The molecule has 1 aliphatic carbocycles. The van der Waals surface area contributed by atoms with Gasteiger partial charge in [-0.15, -0.1) is 0 Å². The lowest BCUT2D eigenvalue weighted by Gasteiger charge is -2.31. The first-order valence-corrected chi connectivity index (χ1v) is 5.15. The lowest BCUT2D eigenvalue weighted by atomic mass is 9.79. The van der Waals surface area contributed by atoms with Crippen molar-refractivity contribution < 1.29 is 0 Å². The van der Waals surface area contributed by atoms with E-state index in [4.69, 9.17) is 5.73 Å². The van der Waals surface area contributed by atoms with Gasteiger partial charge in [0.15, 0.2) is 0 Å². The first kappa shape index (κ1) is 10.0. The summed E-state index contributed by atoms with van der Waals surface area (Å²) in [5.74, 6) is 1.61. The van der Waals surface area contributed by atoms with Gasteiger partial charge in [0.25, 0.3) is 0 Å². The van der Waals surface area contributed by atoms with Gasteiger partial charge in [-0.1, -0.05) is 6.92 Å². The molecule has 0 aliphatic heterocycles. The predicted molar refractivity (Wildman–Crippen MR) is 53.0 cm³/mol. The summed E-state index contributed by atoms with van der Waals surface area (Å²) in [5.41, 5.74) is 5.65. The second kappa shape index (κ2) is 4.83. The van der Waals surface area contributed by atoms with Crippen LogP contribution in [0.2, 0.25) is 0 Å². The average molecular weight is 170 g/mol. The summed E-state index contributed by atoms with van der Waals surface area (Å²) in [5, 5.41) is 3.35. The Bertz CT molecular complexity index is 117. The van der Waals surface area contributed by atoms with E-state index in [1.807, 2.05) is 0 Å². The van der Waals surface area contributed by atoms with Crippen LogP contribution in [0.5, 0.6) is 0 Å². The fraction of sp³-hybridized carbons (Fsp3) is 1.00. The highest BCUT2D eigenvalue weighted by Gasteiger charge is 2.23. The standard InChI is InChI=1S/C10H22N2/c1-8(7-11)9-3-5-10(12-2)6-4-9/h8-10,12H,3-7,11H2,1-2H3. The van der Waals surface area contributed by atoms with E-state index in [1.165, 1.54) is 25.7 Å². The number of hydrogen-bond acceptors (Lipinski definition) is 2. The minimum Gasteiger partial charge on any atom is -0.330 e. The SMILES string of the molecule is CNC1CCC(C(C)CN)CC1. The topological polar surface area (TPSA) is 38.0 Å². The molecule has 12 heavy (non-hydrogen) atoms. The molecule has 1 rings (SSSR count). The van der Waals surface area contributed by atoms with Crippen molar-refractivity contribution in [3.63, 3.8) is 0 Å². The molecule has 2 heteroatoms. The van der Waals surface area contributed by atoms with Gasteiger partial charge in [0.1, 0.15) is 0 Å². The van der Waals surface area contributed by atoms with Crippen LogP contribution < -0.4 is 11.1 Å². The van der Waals surface area contributed by atoms with Crippen LogP contribution in [-0.4, -0.2) is 19.6 Å². The maximum absolute atomic E-state index is 5.65. The van der Waals surface area contributed by atoms with Crippen LogP contribution in [0, 0.1) is 11.8 Å². The van der Waals surface area contributed by atoms with Crippen LogP contribution in [0.15, 0.2) is 0 Å². The van der Waals surface area contributed by atoms with E-state index in [2.05, 4.69) is 19.3 Å². The zero-order valence-corrected chi connectivity index (χ0v) is 8.34. The van der Waals surface area contributed by atoms with Gasteiger partial charge in [0.05, 0.1) is 0 Å². The lowest BCUT2D eigenvalue weighted by Crippen LogP contribution is -2.33. The van der Waals surface area contributed by atoms with E-state index in [0.717, 1.165) is 24.4 Å². The largest absolute Gasteiger partial charge is 0.330 e. The van der Waals surface area contributed by atoms with Crippen molar-refractivity contribution in [2.75, 3.05) is 13.6 Å². The van der Waals surface area contributed by atoms with Gasteiger partial charge in [-0.25, -0.2) is 0 Å². The second-order valence-corrected chi connectivity index (χ2v) is 4.11. The third kappa shape index (κ3) is 2.46. The van der Waals surface area contributed by atoms with Crippen molar-refractivity contribution in [1.29, 1.82) is 0 Å². The quantitative estimate of drug-likeness (QED) is 0.671. The smallest absolute Gasteiger partial charge is 0.00642 e. The molecule has 72 valence electrons. The van der Waals surface area contributed by atoms with Gasteiger partial charge in [-0.3, -0.25) is 0 Å².